The number of rotatable bonds is 2. The minimum Gasteiger partial charge on any atom is -0.203 e. The molecule has 0 atom stereocenters. The van der Waals surface area contributed by atoms with Crippen molar-refractivity contribution >= 4 is 34.8 Å². The molecule has 0 aromatic heterocycles. The first kappa shape index (κ1) is 21.4. The van der Waals surface area contributed by atoms with Gasteiger partial charge in [-0.25, -0.2) is 17.6 Å². The highest BCUT2D eigenvalue weighted by atomic mass is 35.6. The fourth-order valence-electron chi connectivity index (χ4n) is 1.49. The maximum absolute atomic E-state index is 13.5. The van der Waals surface area contributed by atoms with E-state index in [4.69, 9.17) is 34.8 Å². The van der Waals surface area contributed by atoms with Crippen LogP contribution < -0.4 is 0 Å². The van der Waals surface area contributed by atoms with Gasteiger partial charge in [0.2, 0.25) is 3.79 Å². The monoisotopic (exact) mass is 434 g/mol. The summed E-state index contributed by atoms with van der Waals surface area (Å²) in [5.41, 5.74) is -5.62. The van der Waals surface area contributed by atoms with Gasteiger partial charge in [-0.3, -0.25) is 0 Å². The molecule has 0 radical (unpaired) electrons. The Hall–Kier alpha value is -0.680. The van der Waals surface area contributed by atoms with Gasteiger partial charge in [0.1, 0.15) is 5.56 Å². The molecule has 138 valence electrons. The molecule has 0 nitrogen and oxygen atoms in total. The van der Waals surface area contributed by atoms with Crippen LogP contribution in [0.1, 0.15) is 11.1 Å². The molecule has 0 bridgehead atoms. The number of halogens is 14. The predicted molar refractivity (Wildman–Crippen MR) is 60.4 cm³/mol. The molecule has 0 fully saturated rings. The van der Waals surface area contributed by atoms with Gasteiger partial charge >= 0.3 is 18.0 Å². The highest BCUT2D eigenvalue weighted by Gasteiger charge is 2.75. The number of hydrogen-bond donors (Lipinski definition) is 0. The summed E-state index contributed by atoms with van der Waals surface area (Å²) in [7, 11) is 0. The van der Waals surface area contributed by atoms with Crippen molar-refractivity contribution in [3.63, 3.8) is 0 Å². The van der Waals surface area contributed by atoms with Gasteiger partial charge in [0.25, 0.3) is 0 Å². The van der Waals surface area contributed by atoms with Crippen molar-refractivity contribution in [3.8, 4) is 0 Å². The molecule has 0 heterocycles. The zero-order chi connectivity index (χ0) is 19.5. The van der Waals surface area contributed by atoms with Gasteiger partial charge < -0.3 is 0 Å². The standard InChI is InChI=1S/C10Cl3F11/c11-8(12,13)2-5(16)3(14)1(4(15)6(2)17)7(18,19)9(20,21)10(22,23)24. The third-order valence-corrected chi connectivity index (χ3v) is 3.18. The second-order valence-electron chi connectivity index (χ2n) is 4.15. The summed E-state index contributed by atoms with van der Waals surface area (Å²) in [6, 6.07) is 0. The first-order valence-electron chi connectivity index (χ1n) is 5.15. The van der Waals surface area contributed by atoms with Crippen molar-refractivity contribution < 1.29 is 48.3 Å². The van der Waals surface area contributed by atoms with E-state index >= 15 is 0 Å². The maximum Gasteiger partial charge on any atom is 0.460 e. The lowest BCUT2D eigenvalue weighted by Crippen LogP contribution is -2.51. The summed E-state index contributed by atoms with van der Waals surface area (Å²) in [5.74, 6) is -26.1. The molecule has 0 spiro atoms. The fourth-order valence-corrected chi connectivity index (χ4v) is 1.99. The molecule has 0 aliphatic rings. The lowest BCUT2D eigenvalue weighted by atomic mass is 9.98. The molecular weight excluding hydrogens is 435 g/mol. The van der Waals surface area contributed by atoms with Crippen LogP contribution in [0.2, 0.25) is 0 Å². The van der Waals surface area contributed by atoms with E-state index in [-0.39, 0.29) is 0 Å². The topological polar surface area (TPSA) is 0 Å². The summed E-state index contributed by atoms with van der Waals surface area (Å²) < 4.78 is 139. The minimum atomic E-state index is -7.07. The normalized spacial score (nSPS) is 14.2. The molecule has 1 aromatic rings. The lowest BCUT2D eigenvalue weighted by molar-refractivity contribution is -0.360. The fraction of sp³-hybridized carbons (Fsp3) is 0.400. The summed E-state index contributed by atoms with van der Waals surface area (Å²) >= 11 is 14.8. The third kappa shape index (κ3) is 3.10. The number of hydrogen-bond acceptors (Lipinski definition) is 0. The third-order valence-electron chi connectivity index (χ3n) is 2.61. The van der Waals surface area contributed by atoms with Crippen LogP contribution >= 0.6 is 34.8 Å². The van der Waals surface area contributed by atoms with Crippen LogP contribution in [0.5, 0.6) is 0 Å². The van der Waals surface area contributed by atoms with E-state index in [0.717, 1.165) is 0 Å². The second kappa shape index (κ2) is 5.94. The Morgan fingerprint density at radius 3 is 1.08 bits per heavy atom. The number of benzene rings is 1. The van der Waals surface area contributed by atoms with Crippen LogP contribution in [0.15, 0.2) is 0 Å². The highest BCUT2D eigenvalue weighted by molar-refractivity contribution is 6.66. The van der Waals surface area contributed by atoms with Crippen molar-refractivity contribution in [3.05, 3.63) is 34.4 Å². The van der Waals surface area contributed by atoms with Gasteiger partial charge in [-0.15, -0.1) is 0 Å². The van der Waals surface area contributed by atoms with E-state index < -0.39 is 56.2 Å². The van der Waals surface area contributed by atoms with Gasteiger partial charge in [0, 0.05) is 0 Å². The van der Waals surface area contributed by atoms with Crippen molar-refractivity contribution in [2.45, 2.75) is 21.8 Å². The van der Waals surface area contributed by atoms with E-state index in [1.54, 1.807) is 0 Å². The zero-order valence-electron chi connectivity index (χ0n) is 10.3. The van der Waals surface area contributed by atoms with Crippen LogP contribution in [0.4, 0.5) is 48.3 Å². The molecule has 0 saturated heterocycles. The van der Waals surface area contributed by atoms with E-state index in [1.807, 2.05) is 0 Å². The van der Waals surface area contributed by atoms with Gasteiger partial charge in [-0.2, -0.15) is 30.7 Å². The average molecular weight is 435 g/mol. The Morgan fingerprint density at radius 1 is 0.542 bits per heavy atom. The van der Waals surface area contributed by atoms with E-state index in [9.17, 15) is 48.3 Å². The van der Waals surface area contributed by atoms with Gasteiger partial charge in [0.05, 0.1) is 5.56 Å². The summed E-state index contributed by atoms with van der Waals surface area (Å²) in [6.45, 7) is 0. The van der Waals surface area contributed by atoms with Crippen molar-refractivity contribution in [1.29, 1.82) is 0 Å². The van der Waals surface area contributed by atoms with Crippen LogP contribution in [0, 0.1) is 23.3 Å². The second-order valence-corrected chi connectivity index (χ2v) is 6.43. The highest BCUT2D eigenvalue weighted by Crippen LogP contribution is 2.54. The number of alkyl halides is 10. The maximum atomic E-state index is 13.5. The molecule has 0 N–H and O–H groups in total. The molecule has 14 heteroatoms. The van der Waals surface area contributed by atoms with Gasteiger partial charge in [-0.05, 0) is 0 Å². The molecule has 0 aliphatic carbocycles. The first-order valence-corrected chi connectivity index (χ1v) is 6.28. The Bertz CT molecular complexity index is 630. The van der Waals surface area contributed by atoms with Crippen molar-refractivity contribution in [1.82, 2.24) is 0 Å². The molecule has 0 unspecified atom stereocenters. The van der Waals surface area contributed by atoms with Crippen LogP contribution in [0.25, 0.3) is 0 Å². The summed E-state index contributed by atoms with van der Waals surface area (Å²) in [4.78, 5) is 0. The molecule has 1 aromatic carbocycles. The van der Waals surface area contributed by atoms with Crippen LogP contribution in [0.3, 0.4) is 0 Å². The predicted octanol–water partition coefficient (Wildman–Crippen LogP) is 6.36. The Balaban J connectivity index is 3.88. The quantitative estimate of drug-likeness (QED) is 0.288. The smallest absolute Gasteiger partial charge is 0.203 e. The Kier molecular flexibility index (Phi) is 5.29. The summed E-state index contributed by atoms with van der Waals surface area (Å²) in [6.07, 6.45) is -7.00. The molecule has 0 aliphatic heterocycles. The van der Waals surface area contributed by atoms with Gasteiger partial charge in [-0.1, -0.05) is 34.8 Å². The minimum absolute atomic E-state index is 2.11. The zero-order valence-corrected chi connectivity index (χ0v) is 12.6. The Morgan fingerprint density at radius 2 is 0.833 bits per heavy atom. The lowest BCUT2D eigenvalue weighted by Gasteiger charge is -2.29. The van der Waals surface area contributed by atoms with Crippen molar-refractivity contribution in [2.75, 3.05) is 0 Å². The SMILES string of the molecule is Fc1c(F)c(C(F)(F)C(F)(F)C(F)(F)F)c(F)c(F)c1C(Cl)(Cl)Cl. The Labute approximate surface area is 140 Å². The summed E-state index contributed by atoms with van der Waals surface area (Å²) in [5, 5.41) is 0. The van der Waals surface area contributed by atoms with Crippen molar-refractivity contribution in [2.24, 2.45) is 0 Å². The van der Waals surface area contributed by atoms with Crippen LogP contribution in [-0.2, 0) is 9.72 Å². The van der Waals surface area contributed by atoms with E-state index in [1.165, 1.54) is 0 Å². The molecule has 0 saturated carbocycles. The first-order chi connectivity index (χ1) is 10.4. The van der Waals surface area contributed by atoms with E-state index in [0.29, 0.717) is 0 Å². The molecule has 0 amide bonds. The van der Waals surface area contributed by atoms with Gasteiger partial charge in [0.15, 0.2) is 23.3 Å². The molecular formula is C10Cl3F11. The molecule has 24 heavy (non-hydrogen) atoms. The van der Waals surface area contributed by atoms with E-state index in [2.05, 4.69) is 0 Å². The largest absolute Gasteiger partial charge is 0.460 e. The average Bonchev–Trinajstić information content (AvgIpc) is 2.33. The van der Waals surface area contributed by atoms with Crippen LogP contribution in [-0.4, -0.2) is 12.1 Å². The molecule has 1 rings (SSSR count).